The van der Waals surface area contributed by atoms with E-state index in [-0.39, 0.29) is 5.91 Å². The molecule has 6 nitrogen and oxygen atoms in total. The molecular formula is C22H21ClN4O2. The summed E-state index contributed by atoms with van der Waals surface area (Å²) in [7, 11) is 0. The van der Waals surface area contributed by atoms with Crippen molar-refractivity contribution in [1.82, 2.24) is 10.2 Å². The predicted molar refractivity (Wildman–Crippen MR) is 115 cm³/mol. The van der Waals surface area contributed by atoms with Crippen LogP contribution in [0.3, 0.4) is 0 Å². The first-order chi connectivity index (χ1) is 14.1. The van der Waals surface area contributed by atoms with Crippen molar-refractivity contribution >= 4 is 29.0 Å². The third kappa shape index (κ3) is 4.55. The van der Waals surface area contributed by atoms with E-state index >= 15 is 0 Å². The minimum Gasteiger partial charge on any atom is -0.378 e. The Morgan fingerprint density at radius 1 is 1.07 bits per heavy atom. The van der Waals surface area contributed by atoms with Crippen molar-refractivity contribution in [2.24, 2.45) is 0 Å². The lowest BCUT2D eigenvalue weighted by Crippen LogP contribution is -2.36. The van der Waals surface area contributed by atoms with Crippen LogP contribution in [0.4, 0.5) is 11.5 Å². The van der Waals surface area contributed by atoms with Crippen molar-refractivity contribution in [3.8, 4) is 11.3 Å². The second-order valence-electron chi connectivity index (χ2n) is 6.88. The SMILES string of the molecule is Cc1ccc(NC(=O)c2cccc(-c3ccc(N4CCOCC4)nn3)c2)cc1Cl. The Kier molecular flexibility index (Phi) is 5.74. The van der Waals surface area contributed by atoms with Crippen LogP contribution >= 0.6 is 11.6 Å². The molecule has 0 aliphatic carbocycles. The van der Waals surface area contributed by atoms with Crippen LogP contribution in [0.5, 0.6) is 0 Å². The average molecular weight is 409 g/mol. The Bertz CT molecular complexity index is 1020. The number of benzene rings is 2. The second-order valence-corrected chi connectivity index (χ2v) is 7.28. The Morgan fingerprint density at radius 3 is 2.62 bits per heavy atom. The van der Waals surface area contributed by atoms with Crippen LogP contribution < -0.4 is 10.2 Å². The van der Waals surface area contributed by atoms with Crippen molar-refractivity contribution in [3.05, 3.63) is 70.7 Å². The van der Waals surface area contributed by atoms with Crippen molar-refractivity contribution in [3.63, 3.8) is 0 Å². The average Bonchev–Trinajstić information content (AvgIpc) is 2.77. The largest absolute Gasteiger partial charge is 0.378 e. The summed E-state index contributed by atoms with van der Waals surface area (Å²) >= 11 is 6.14. The molecule has 2 aromatic carbocycles. The fraction of sp³-hybridized carbons (Fsp3) is 0.227. The first kappa shape index (κ1) is 19.4. The van der Waals surface area contributed by atoms with Gasteiger partial charge in [-0.15, -0.1) is 10.2 Å². The molecule has 0 spiro atoms. The summed E-state index contributed by atoms with van der Waals surface area (Å²) in [5, 5.41) is 12.2. The van der Waals surface area contributed by atoms with Crippen LogP contribution in [0.25, 0.3) is 11.3 Å². The van der Waals surface area contributed by atoms with E-state index in [0.29, 0.717) is 29.5 Å². The number of anilines is 2. The Morgan fingerprint density at radius 2 is 1.90 bits per heavy atom. The maximum atomic E-state index is 12.6. The number of hydrogen-bond donors (Lipinski definition) is 1. The first-order valence-electron chi connectivity index (χ1n) is 9.44. The number of carbonyl (C=O) groups is 1. The highest BCUT2D eigenvalue weighted by molar-refractivity contribution is 6.31. The van der Waals surface area contributed by atoms with Gasteiger partial charge in [-0.2, -0.15) is 0 Å². The van der Waals surface area contributed by atoms with Gasteiger partial charge in [0, 0.05) is 34.9 Å². The molecule has 0 saturated carbocycles. The monoisotopic (exact) mass is 408 g/mol. The number of carbonyl (C=O) groups excluding carboxylic acids is 1. The van der Waals surface area contributed by atoms with E-state index in [1.54, 1.807) is 12.1 Å². The van der Waals surface area contributed by atoms with E-state index < -0.39 is 0 Å². The fourth-order valence-electron chi connectivity index (χ4n) is 3.13. The number of hydrogen-bond acceptors (Lipinski definition) is 5. The van der Waals surface area contributed by atoms with Gasteiger partial charge >= 0.3 is 0 Å². The zero-order chi connectivity index (χ0) is 20.2. The topological polar surface area (TPSA) is 67.4 Å². The summed E-state index contributed by atoms with van der Waals surface area (Å²) in [4.78, 5) is 14.8. The molecule has 1 fully saturated rings. The molecule has 1 aromatic heterocycles. The van der Waals surface area contributed by atoms with Crippen LogP contribution in [0.2, 0.25) is 5.02 Å². The molecule has 0 radical (unpaired) electrons. The van der Waals surface area contributed by atoms with Gasteiger partial charge in [0.1, 0.15) is 0 Å². The van der Waals surface area contributed by atoms with Crippen molar-refractivity contribution in [2.45, 2.75) is 6.92 Å². The highest BCUT2D eigenvalue weighted by Gasteiger charge is 2.14. The summed E-state index contributed by atoms with van der Waals surface area (Å²) in [6, 6.07) is 16.7. The maximum absolute atomic E-state index is 12.6. The summed E-state index contributed by atoms with van der Waals surface area (Å²) in [6.45, 7) is 4.95. The van der Waals surface area contributed by atoms with Crippen molar-refractivity contribution in [2.75, 3.05) is 36.5 Å². The number of nitrogens with zero attached hydrogens (tertiary/aromatic N) is 3. The molecule has 0 unspecified atom stereocenters. The van der Waals surface area contributed by atoms with E-state index in [1.807, 2.05) is 49.4 Å². The Balaban J connectivity index is 1.50. The van der Waals surface area contributed by atoms with E-state index in [2.05, 4.69) is 20.4 Å². The highest BCUT2D eigenvalue weighted by Crippen LogP contribution is 2.23. The van der Waals surface area contributed by atoms with Gasteiger partial charge in [-0.1, -0.05) is 29.8 Å². The van der Waals surface area contributed by atoms with Crippen LogP contribution in [0, 0.1) is 6.92 Å². The van der Waals surface area contributed by atoms with Gasteiger partial charge in [0.25, 0.3) is 5.91 Å². The molecule has 2 heterocycles. The smallest absolute Gasteiger partial charge is 0.255 e. The number of halogens is 1. The molecule has 29 heavy (non-hydrogen) atoms. The van der Waals surface area contributed by atoms with Crippen LogP contribution in [-0.4, -0.2) is 42.4 Å². The van der Waals surface area contributed by atoms with E-state index in [9.17, 15) is 4.79 Å². The third-order valence-corrected chi connectivity index (χ3v) is 5.24. The number of ether oxygens (including phenoxy) is 1. The minimum absolute atomic E-state index is 0.204. The molecule has 1 amide bonds. The van der Waals surface area contributed by atoms with Gasteiger partial charge in [0.2, 0.25) is 0 Å². The standard InChI is InChI=1S/C22H21ClN4O2/c1-15-5-6-18(14-19(15)23)24-22(28)17-4-2-3-16(13-17)20-7-8-21(26-25-20)27-9-11-29-12-10-27/h2-8,13-14H,9-12H2,1H3,(H,24,28). The lowest BCUT2D eigenvalue weighted by atomic mass is 10.1. The van der Waals surface area contributed by atoms with Gasteiger partial charge in [-0.3, -0.25) is 4.79 Å². The summed E-state index contributed by atoms with van der Waals surface area (Å²) in [5.41, 5.74) is 3.71. The molecule has 1 aliphatic heterocycles. The lowest BCUT2D eigenvalue weighted by molar-refractivity contribution is 0.102. The normalized spacial score (nSPS) is 13.9. The predicted octanol–water partition coefficient (Wildman–Crippen LogP) is 4.19. The van der Waals surface area contributed by atoms with Crippen LogP contribution in [0.15, 0.2) is 54.6 Å². The summed E-state index contributed by atoms with van der Waals surface area (Å²) in [5.74, 6) is 0.631. The molecule has 1 N–H and O–H groups in total. The maximum Gasteiger partial charge on any atom is 0.255 e. The van der Waals surface area contributed by atoms with E-state index in [1.165, 1.54) is 0 Å². The van der Waals surface area contributed by atoms with E-state index in [0.717, 1.165) is 35.7 Å². The second kappa shape index (κ2) is 8.59. The number of rotatable bonds is 4. The number of aryl methyl sites for hydroxylation is 1. The number of amides is 1. The third-order valence-electron chi connectivity index (χ3n) is 4.84. The molecule has 0 atom stereocenters. The minimum atomic E-state index is -0.204. The van der Waals surface area contributed by atoms with Gasteiger partial charge in [-0.25, -0.2) is 0 Å². The zero-order valence-electron chi connectivity index (χ0n) is 16.1. The van der Waals surface area contributed by atoms with Gasteiger partial charge in [0.15, 0.2) is 5.82 Å². The zero-order valence-corrected chi connectivity index (χ0v) is 16.8. The molecule has 1 saturated heterocycles. The highest BCUT2D eigenvalue weighted by atomic mass is 35.5. The molecule has 7 heteroatoms. The molecule has 1 aliphatic rings. The van der Waals surface area contributed by atoms with E-state index in [4.69, 9.17) is 16.3 Å². The lowest BCUT2D eigenvalue weighted by Gasteiger charge is -2.27. The molecule has 3 aromatic rings. The number of morpholine rings is 1. The fourth-order valence-corrected chi connectivity index (χ4v) is 3.31. The Labute approximate surface area is 174 Å². The first-order valence-corrected chi connectivity index (χ1v) is 9.82. The van der Waals surface area contributed by atoms with Crippen molar-refractivity contribution < 1.29 is 9.53 Å². The Hall–Kier alpha value is -2.96. The molecular weight excluding hydrogens is 388 g/mol. The summed E-state index contributed by atoms with van der Waals surface area (Å²) < 4.78 is 5.37. The summed E-state index contributed by atoms with van der Waals surface area (Å²) in [6.07, 6.45) is 0. The van der Waals surface area contributed by atoms with Gasteiger partial charge in [0.05, 0.1) is 18.9 Å². The van der Waals surface area contributed by atoms with Crippen LogP contribution in [-0.2, 0) is 4.74 Å². The quantitative estimate of drug-likeness (QED) is 0.701. The van der Waals surface area contributed by atoms with Crippen LogP contribution in [0.1, 0.15) is 15.9 Å². The molecule has 4 rings (SSSR count). The van der Waals surface area contributed by atoms with Gasteiger partial charge < -0.3 is 15.0 Å². The molecule has 148 valence electrons. The number of aromatic nitrogens is 2. The number of nitrogens with one attached hydrogen (secondary N) is 1. The van der Waals surface area contributed by atoms with Gasteiger partial charge in [-0.05, 0) is 48.9 Å². The van der Waals surface area contributed by atoms with Crippen molar-refractivity contribution in [1.29, 1.82) is 0 Å². The molecule has 0 bridgehead atoms.